The molecule has 0 amide bonds. The van der Waals surface area contributed by atoms with Crippen molar-refractivity contribution in [2.24, 2.45) is 0 Å². The fraction of sp³-hybridized carbons (Fsp3) is 0.500. The summed E-state index contributed by atoms with van der Waals surface area (Å²) in [5.74, 6) is 0. The van der Waals surface area contributed by atoms with Crippen LogP contribution in [0.4, 0.5) is 0 Å². The van der Waals surface area contributed by atoms with Crippen molar-refractivity contribution in [3.05, 3.63) is 11.1 Å². The Hall–Kier alpha value is -0.140. The lowest BCUT2D eigenvalue weighted by molar-refractivity contribution is 0.588. The van der Waals surface area contributed by atoms with Gasteiger partial charge in [-0.05, 0) is 31.8 Å². The van der Waals surface area contributed by atoms with E-state index in [0.717, 1.165) is 11.0 Å². The summed E-state index contributed by atoms with van der Waals surface area (Å²) < 4.78 is 15.5. The van der Waals surface area contributed by atoms with E-state index in [4.69, 9.17) is 0 Å². The summed E-state index contributed by atoms with van der Waals surface area (Å²) in [4.78, 5) is 0. The first-order valence-electron chi connectivity index (χ1n) is 2.98. The van der Waals surface area contributed by atoms with Crippen LogP contribution >= 0.6 is 18.7 Å². The molecule has 0 bridgehead atoms. The third kappa shape index (κ3) is 1.47. The molecule has 0 radical (unpaired) electrons. The second-order valence-corrected chi connectivity index (χ2v) is 6.45. The molecule has 1 heterocycles. The molecule has 0 aliphatic rings. The Morgan fingerprint density at radius 3 is 2.40 bits per heavy atom. The lowest BCUT2D eigenvalue weighted by atomic mass is 10.5. The van der Waals surface area contributed by atoms with Gasteiger partial charge in [0, 0.05) is 10.7 Å². The molecule has 4 heteroatoms. The Kier molecular flexibility index (Phi) is 1.97. The maximum atomic E-state index is 11.5. The second-order valence-electron chi connectivity index (χ2n) is 2.64. The first-order valence-corrected chi connectivity index (χ1v) is 6.42. The van der Waals surface area contributed by atoms with E-state index in [1.54, 1.807) is 13.3 Å². The average Bonchev–Trinajstić information content (AvgIpc) is 2.11. The highest BCUT2D eigenvalue weighted by atomic mass is 32.1. The van der Waals surface area contributed by atoms with Gasteiger partial charge in [-0.25, -0.2) is 0 Å². The molecule has 56 valence electrons. The molecule has 0 aliphatic carbocycles. The summed E-state index contributed by atoms with van der Waals surface area (Å²) in [7, 11) is -2.06. The van der Waals surface area contributed by atoms with Crippen molar-refractivity contribution in [1.82, 2.24) is 4.37 Å². The predicted octanol–water partition coefficient (Wildman–Crippen LogP) is 1.70. The minimum absolute atomic E-state index is 0.915. The molecule has 2 nitrogen and oxygen atoms in total. The molecule has 0 saturated carbocycles. The smallest absolute Gasteiger partial charge is 0.112 e. The van der Waals surface area contributed by atoms with Gasteiger partial charge in [0.15, 0.2) is 0 Å². The molecular formula is C6H10NOPS. The number of hydrogen-bond acceptors (Lipinski definition) is 3. The third-order valence-corrected chi connectivity index (χ3v) is 3.81. The van der Waals surface area contributed by atoms with E-state index >= 15 is 0 Å². The first kappa shape index (κ1) is 7.96. The minimum atomic E-state index is -2.06. The Morgan fingerprint density at radius 2 is 2.20 bits per heavy atom. The van der Waals surface area contributed by atoms with Gasteiger partial charge in [0.25, 0.3) is 0 Å². The topological polar surface area (TPSA) is 30.0 Å². The van der Waals surface area contributed by atoms with Crippen LogP contribution in [0.25, 0.3) is 0 Å². The lowest BCUT2D eigenvalue weighted by Gasteiger charge is -2.02. The molecule has 0 N–H and O–H groups in total. The van der Waals surface area contributed by atoms with Crippen LogP contribution in [0.3, 0.4) is 0 Å². The molecule has 1 aromatic rings. The normalized spacial score (nSPS) is 11.9. The SMILES string of the molecule is Cc1nscc1P(C)(C)=O. The Morgan fingerprint density at radius 1 is 1.60 bits per heavy atom. The lowest BCUT2D eigenvalue weighted by Crippen LogP contribution is -2.02. The van der Waals surface area contributed by atoms with Gasteiger partial charge >= 0.3 is 0 Å². The maximum absolute atomic E-state index is 11.5. The highest BCUT2D eigenvalue weighted by molar-refractivity contribution is 7.70. The summed E-state index contributed by atoms with van der Waals surface area (Å²) in [6, 6.07) is 0. The minimum Gasteiger partial charge on any atom is -0.319 e. The number of hydrogen-bond donors (Lipinski definition) is 0. The molecular weight excluding hydrogens is 165 g/mol. The van der Waals surface area contributed by atoms with Crippen LogP contribution in [0.2, 0.25) is 0 Å². The molecule has 0 unspecified atom stereocenters. The van der Waals surface area contributed by atoms with Crippen LogP contribution in [0.5, 0.6) is 0 Å². The van der Waals surface area contributed by atoms with Gasteiger partial charge in [-0.3, -0.25) is 0 Å². The molecule has 0 spiro atoms. The number of nitrogens with zero attached hydrogens (tertiary/aromatic N) is 1. The zero-order valence-electron chi connectivity index (χ0n) is 6.29. The highest BCUT2D eigenvalue weighted by Gasteiger charge is 2.14. The van der Waals surface area contributed by atoms with E-state index < -0.39 is 7.14 Å². The van der Waals surface area contributed by atoms with E-state index in [2.05, 4.69) is 4.37 Å². The van der Waals surface area contributed by atoms with Gasteiger partial charge in [-0.15, -0.1) is 0 Å². The molecule has 0 atom stereocenters. The van der Waals surface area contributed by atoms with Crippen molar-refractivity contribution in [3.63, 3.8) is 0 Å². The maximum Gasteiger partial charge on any atom is 0.112 e. The fourth-order valence-electron chi connectivity index (χ4n) is 0.804. The molecule has 0 aromatic carbocycles. The van der Waals surface area contributed by atoms with Crippen LogP contribution < -0.4 is 5.30 Å². The van der Waals surface area contributed by atoms with Gasteiger partial charge in [-0.2, -0.15) is 4.37 Å². The largest absolute Gasteiger partial charge is 0.319 e. The van der Waals surface area contributed by atoms with Crippen molar-refractivity contribution in [2.75, 3.05) is 13.3 Å². The summed E-state index contributed by atoms with van der Waals surface area (Å²) in [5.41, 5.74) is 0.915. The monoisotopic (exact) mass is 175 g/mol. The highest BCUT2D eigenvalue weighted by Crippen LogP contribution is 2.35. The van der Waals surface area contributed by atoms with Crippen LogP contribution in [-0.4, -0.2) is 17.7 Å². The fourth-order valence-corrected chi connectivity index (χ4v) is 3.44. The van der Waals surface area contributed by atoms with E-state index in [1.807, 2.05) is 12.3 Å². The summed E-state index contributed by atoms with van der Waals surface area (Å²) in [6.07, 6.45) is 0. The summed E-state index contributed by atoms with van der Waals surface area (Å²) >= 11 is 1.37. The molecule has 0 fully saturated rings. The van der Waals surface area contributed by atoms with Crippen molar-refractivity contribution in [2.45, 2.75) is 6.92 Å². The van der Waals surface area contributed by atoms with Crippen LogP contribution in [0.1, 0.15) is 5.69 Å². The summed E-state index contributed by atoms with van der Waals surface area (Å²) in [5, 5.41) is 2.80. The van der Waals surface area contributed by atoms with Crippen molar-refractivity contribution in [3.8, 4) is 0 Å². The Labute approximate surface area is 64.8 Å². The number of aryl methyl sites for hydroxylation is 1. The molecule has 1 aromatic heterocycles. The average molecular weight is 175 g/mol. The van der Waals surface area contributed by atoms with Crippen LogP contribution in [0.15, 0.2) is 5.38 Å². The van der Waals surface area contributed by atoms with Crippen LogP contribution in [0, 0.1) is 6.92 Å². The zero-order chi connectivity index (χ0) is 7.78. The first-order chi connectivity index (χ1) is 4.52. The van der Waals surface area contributed by atoms with Crippen molar-refractivity contribution < 1.29 is 4.57 Å². The van der Waals surface area contributed by atoms with E-state index in [0.29, 0.717) is 0 Å². The number of rotatable bonds is 1. The number of aromatic nitrogens is 1. The van der Waals surface area contributed by atoms with Gasteiger partial charge in [0.1, 0.15) is 7.14 Å². The van der Waals surface area contributed by atoms with Gasteiger partial charge in [0.2, 0.25) is 0 Å². The quantitative estimate of drug-likeness (QED) is 0.608. The van der Waals surface area contributed by atoms with E-state index in [9.17, 15) is 4.57 Å². The Balaban J connectivity index is 3.18. The second kappa shape index (κ2) is 2.48. The standard InChI is InChI=1S/C6H10NOPS/c1-5-6(4-10-7-5)9(2,3)8/h4H,1-3H3. The predicted molar refractivity (Wildman–Crippen MR) is 45.9 cm³/mol. The van der Waals surface area contributed by atoms with Crippen LogP contribution in [-0.2, 0) is 4.57 Å². The zero-order valence-corrected chi connectivity index (χ0v) is 8.00. The molecule has 1 rings (SSSR count). The Bertz CT molecular complexity index is 275. The van der Waals surface area contributed by atoms with Crippen molar-refractivity contribution >= 4 is 24.0 Å². The summed E-state index contributed by atoms with van der Waals surface area (Å²) in [6.45, 7) is 5.43. The molecule has 0 saturated heterocycles. The molecule has 10 heavy (non-hydrogen) atoms. The van der Waals surface area contributed by atoms with E-state index in [1.165, 1.54) is 11.5 Å². The van der Waals surface area contributed by atoms with Gasteiger partial charge in [0.05, 0.1) is 5.69 Å². The molecule has 0 aliphatic heterocycles. The van der Waals surface area contributed by atoms with E-state index in [-0.39, 0.29) is 0 Å². The van der Waals surface area contributed by atoms with Gasteiger partial charge in [-0.1, -0.05) is 0 Å². The third-order valence-electron chi connectivity index (χ3n) is 1.30. The van der Waals surface area contributed by atoms with Gasteiger partial charge < -0.3 is 4.57 Å². The van der Waals surface area contributed by atoms with Crippen molar-refractivity contribution in [1.29, 1.82) is 0 Å².